The Labute approximate surface area is 107 Å². The van der Waals surface area contributed by atoms with Crippen LogP contribution < -0.4 is 9.47 Å². The highest BCUT2D eigenvalue weighted by Crippen LogP contribution is 2.35. The second-order valence-electron chi connectivity index (χ2n) is 3.78. The first kappa shape index (κ1) is 10.7. The smallest absolute Gasteiger partial charge is 0.161 e. The minimum absolute atomic E-state index is 0.693. The van der Waals surface area contributed by atoms with Crippen molar-refractivity contribution in [2.24, 2.45) is 0 Å². The molecule has 2 heterocycles. The molecular weight excluding hydrogens is 284 g/mol. The van der Waals surface area contributed by atoms with Crippen molar-refractivity contribution in [1.29, 1.82) is 0 Å². The fraction of sp³-hybridized carbons (Fsp3) is 0.250. The van der Waals surface area contributed by atoms with E-state index in [1.54, 1.807) is 6.33 Å². The topological polar surface area (TPSA) is 47.1 Å². The van der Waals surface area contributed by atoms with Gasteiger partial charge in [0, 0.05) is 12.0 Å². The Bertz CT molecular complexity index is 539. The van der Waals surface area contributed by atoms with Crippen LogP contribution in [0.5, 0.6) is 11.5 Å². The van der Waals surface area contributed by atoms with Crippen LogP contribution in [0.4, 0.5) is 0 Å². The first-order chi connectivity index (χ1) is 8.34. The quantitative estimate of drug-likeness (QED) is 0.879. The standard InChI is InChI=1S/C12H11BrN2O2/c13-12-11(14-7-15-12)8-2-3-9-10(6-8)17-5-1-4-16-9/h2-3,6-7H,1,4-5H2,(H,14,15). The molecule has 5 heteroatoms. The lowest BCUT2D eigenvalue weighted by Gasteiger charge is -2.08. The fourth-order valence-corrected chi connectivity index (χ4v) is 2.22. The van der Waals surface area contributed by atoms with Gasteiger partial charge in [-0.1, -0.05) is 0 Å². The van der Waals surface area contributed by atoms with E-state index < -0.39 is 0 Å². The number of nitrogens with zero attached hydrogens (tertiary/aromatic N) is 1. The van der Waals surface area contributed by atoms with E-state index in [0.29, 0.717) is 13.2 Å². The third-order valence-electron chi connectivity index (χ3n) is 2.61. The van der Waals surface area contributed by atoms with E-state index in [1.165, 1.54) is 0 Å². The van der Waals surface area contributed by atoms with Crippen molar-refractivity contribution in [2.45, 2.75) is 6.42 Å². The molecule has 1 aromatic heterocycles. The Kier molecular flexibility index (Phi) is 2.76. The normalized spacial score (nSPS) is 14.4. The Morgan fingerprint density at radius 2 is 2.00 bits per heavy atom. The van der Waals surface area contributed by atoms with Crippen LogP contribution in [0, 0.1) is 0 Å². The zero-order valence-electron chi connectivity index (χ0n) is 9.07. The number of aromatic nitrogens is 2. The van der Waals surface area contributed by atoms with E-state index in [0.717, 1.165) is 33.8 Å². The maximum Gasteiger partial charge on any atom is 0.161 e. The predicted octanol–water partition coefficient (Wildman–Crippen LogP) is 3.00. The molecule has 0 bridgehead atoms. The number of halogens is 1. The number of H-pyrrole nitrogens is 1. The van der Waals surface area contributed by atoms with Gasteiger partial charge in [-0.05, 0) is 34.1 Å². The van der Waals surface area contributed by atoms with Gasteiger partial charge in [0.15, 0.2) is 11.5 Å². The van der Waals surface area contributed by atoms with Gasteiger partial charge >= 0.3 is 0 Å². The van der Waals surface area contributed by atoms with Crippen LogP contribution in [0.15, 0.2) is 29.1 Å². The average molecular weight is 295 g/mol. The van der Waals surface area contributed by atoms with Crippen molar-refractivity contribution in [1.82, 2.24) is 9.97 Å². The molecule has 0 saturated heterocycles. The molecule has 0 spiro atoms. The van der Waals surface area contributed by atoms with Crippen molar-refractivity contribution < 1.29 is 9.47 Å². The number of nitrogens with one attached hydrogen (secondary N) is 1. The van der Waals surface area contributed by atoms with E-state index in [-0.39, 0.29) is 0 Å². The largest absolute Gasteiger partial charge is 0.490 e. The summed E-state index contributed by atoms with van der Waals surface area (Å²) in [6, 6.07) is 5.87. The molecule has 2 aromatic rings. The lowest BCUT2D eigenvalue weighted by Crippen LogP contribution is -1.97. The molecule has 0 radical (unpaired) electrons. The van der Waals surface area contributed by atoms with Gasteiger partial charge in [-0.3, -0.25) is 0 Å². The molecule has 0 atom stereocenters. The molecule has 0 saturated carbocycles. The maximum atomic E-state index is 5.65. The summed E-state index contributed by atoms with van der Waals surface area (Å²) in [4.78, 5) is 7.25. The zero-order valence-corrected chi connectivity index (χ0v) is 10.7. The highest BCUT2D eigenvalue weighted by atomic mass is 79.9. The summed E-state index contributed by atoms with van der Waals surface area (Å²) in [5.74, 6) is 1.59. The van der Waals surface area contributed by atoms with E-state index in [2.05, 4.69) is 25.9 Å². The second kappa shape index (κ2) is 4.41. The molecule has 0 fully saturated rings. The van der Waals surface area contributed by atoms with E-state index in [4.69, 9.17) is 9.47 Å². The molecule has 1 aliphatic heterocycles. The number of hydrogen-bond donors (Lipinski definition) is 1. The highest BCUT2D eigenvalue weighted by Gasteiger charge is 2.13. The second-order valence-corrected chi connectivity index (χ2v) is 4.57. The first-order valence-electron chi connectivity index (χ1n) is 5.43. The van der Waals surface area contributed by atoms with Gasteiger partial charge in [0.2, 0.25) is 0 Å². The monoisotopic (exact) mass is 294 g/mol. The summed E-state index contributed by atoms with van der Waals surface area (Å²) in [5, 5.41) is 0. The van der Waals surface area contributed by atoms with Gasteiger partial charge in [0.25, 0.3) is 0 Å². The van der Waals surface area contributed by atoms with Crippen molar-refractivity contribution in [3.05, 3.63) is 29.1 Å². The van der Waals surface area contributed by atoms with Crippen LogP contribution in [0.3, 0.4) is 0 Å². The summed E-state index contributed by atoms with van der Waals surface area (Å²) >= 11 is 3.42. The lowest BCUT2D eigenvalue weighted by molar-refractivity contribution is 0.297. The van der Waals surface area contributed by atoms with E-state index in [9.17, 15) is 0 Å². The highest BCUT2D eigenvalue weighted by molar-refractivity contribution is 9.10. The number of rotatable bonds is 1. The number of aromatic amines is 1. The van der Waals surface area contributed by atoms with E-state index in [1.807, 2.05) is 18.2 Å². The van der Waals surface area contributed by atoms with Crippen LogP contribution >= 0.6 is 15.9 Å². The van der Waals surface area contributed by atoms with Gasteiger partial charge in [0.1, 0.15) is 10.3 Å². The molecule has 17 heavy (non-hydrogen) atoms. The van der Waals surface area contributed by atoms with Crippen molar-refractivity contribution >= 4 is 15.9 Å². The molecule has 88 valence electrons. The summed E-state index contributed by atoms with van der Waals surface area (Å²) < 4.78 is 12.1. The minimum atomic E-state index is 0.693. The van der Waals surface area contributed by atoms with Gasteiger partial charge in [-0.25, -0.2) is 4.98 Å². The summed E-state index contributed by atoms with van der Waals surface area (Å²) in [7, 11) is 0. The van der Waals surface area contributed by atoms with E-state index >= 15 is 0 Å². The summed E-state index contributed by atoms with van der Waals surface area (Å²) in [6.07, 6.45) is 2.57. The number of imidazole rings is 1. The van der Waals surface area contributed by atoms with Crippen molar-refractivity contribution in [3.8, 4) is 22.8 Å². The molecule has 3 rings (SSSR count). The van der Waals surface area contributed by atoms with Crippen molar-refractivity contribution in [2.75, 3.05) is 13.2 Å². The first-order valence-corrected chi connectivity index (χ1v) is 6.23. The number of fused-ring (bicyclic) bond motifs is 1. The number of hydrogen-bond acceptors (Lipinski definition) is 3. The Morgan fingerprint density at radius 3 is 2.76 bits per heavy atom. The van der Waals surface area contributed by atoms with Crippen molar-refractivity contribution in [3.63, 3.8) is 0 Å². The van der Waals surface area contributed by atoms with Crippen LogP contribution in [0.2, 0.25) is 0 Å². The number of ether oxygens (including phenoxy) is 2. The van der Waals surface area contributed by atoms with Crippen LogP contribution in [-0.4, -0.2) is 23.2 Å². The van der Waals surface area contributed by atoms with Gasteiger partial charge in [-0.2, -0.15) is 0 Å². The third kappa shape index (κ3) is 2.02. The Balaban J connectivity index is 2.03. The Morgan fingerprint density at radius 1 is 1.18 bits per heavy atom. The summed E-state index contributed by atoms with van der Waals surface area (Å²) in [6.45, 7) is 1.40. The fourth-order valence-electron chi connectivity index (χ4n) is 1.79. The molecule has 0 amide bonds. The third-order valence-corrected chi connectivity index (χ3v) is 3.22. The molecule has 1 aliphatic rings. The molecule has 0 aliphatic carbocycles. The van der Waals surface area contributed by atoms with Crippen LogP contribution in [0.25, 0.3) is 11.3 Å². The molecule has 4 nitrogen and oxygen atoms in total. The maximum absolute atomic E-state index is 5.65. The summed E-state index contributed by atoms with van der Waals surface area (Å²) in [5.41, 5.74) is 1.88. The van der Waals surface area contributed by atoms with Gasteiger partial charge in [0.05, 0.1) is 19.5 Å². The van der Waals surface area contributed by atoms with Gasteiger partial charge < -0.3 is 14.5 Å². The van der Waals surface area contributed by atoms with Crippen LogP contribution in [-0.2, 0) is 0 Å². The van der Waals surface area contributed by atoms with Gasteiger partial charge in [-0.15, -0.1) is 0 Å². The number of benzene rings is 1. The Hall–Kier alpha value is -1.49. The SMILES string of the molecule is Brc1[nH]cnc1-c1ccc2c(c1)OCCCO2. The molecular formula is C12H11BrN2O2. The molecule has 1 aromatic carbocycles. The molecule has 1 N–H and O–H groups in total. The predicted molar refractivity (Wildman–Crippen MR) is 67.3 cm³/mol. The minimum Gasteiger partial charge on any atom is -0.490 e. The van der Waals surface area contributed by atoms with Crippen LogP contribution in [0.1, 0.15) is 6.42 Å². The average Bonchev–Trinajstić information content (AvgIpc) is 2.64. The lowest BCUT2D eigenvalue weighted by atomic mass is 10.1. The molecule has 0 unspecified atom stereocenters. The zero-order chi connectivity index (χ0) is 11.7.